The first kappa shape index (κ1) is 120. The first-order valence-corrected chi connectivity index (χ1v) is 54.7. The molecular formula is C109H189FN10O24. The van der Waals surface area contributed by atoms with E-state index in [0.29, 0.717) is 122 Å². The van der Waals surface area contributed by atoms with Gasteiger partial charge >= 0.3 is 41.8 Å². The number of amides is 1. The molecule has 1 amide bonds. The number of piperidine rings is 8. The van der Waals surface area contributed by atoms with Crippen LogP contribution in [0.5, 0.6) is 0 Å². The minimum atomic E-state index is -2.28. The summed E-state index contributed by atoms with van der Waals surface area (Å²) >= 11 is 0. The molecule has 826 valence electrons. The van der Waals surface area contributed by atoms with Crippen LogP contribution >= 0.6 is 0 Å². The van der Waals surface area contributed by atoms with Gasteiger partial charge in [0, 0.05) is 103 Å². The van der Waals surface area contributed by atoms with E-state index in [4.69, 9.17) is 58.8 Å². The molecule has 17 fully saturated rings. The molecule has 0 spiro atoms. The van der Waals surface area contributed by atoms with Crippen molar-refractivity contribution in [3.05, 3.63) is 0 Å². The Kier molecular flexibility index (Phi) is 41.7. The van der Waals surface area contributed by atoms with Crippen molar-refractivity contribution < 1.29 is 122 Å². The minimum absolute atomic E-state index is 0.0165. The highest BCUT2D eigenvalue weighted by atomic mass is 19.1. The molecular weight excluding hydrogens is 1850 g/mol. The van der Waals surface area contributed by atoms with Gasteiger partial charge in [0.1, 0.15) is 42.7 Å². The van der Waals surface area contributed by atoms with Crippen LogP contribution in [0.15, 0.2) is 0 Å². The smallest absolute Gasteiger partial charge is 0.346 e. The number of aliphatic hydroxyl groups excluding tert-OH is 6. The lowest BCUT2D eigenvalue weighted by molar-refractivity contribution is -0.179. The number of fused-ring (bicyclic) bond motifs is 16. The molecule has 35 heteroatoms. The monoisotopic (exact) mass is 2040 g/mol. The Labute approximate surface area is 859 Å². The third-order valence-electron chi connectivity index (χ3n) is 37.9. The van der Waals surface area contributed by atoms with E-state index in [2.05, 4.69) is 101 Å². The summed E-state index contributed by atoms with van der Waals surface area (Å²) in [5.74, 6) is -3.26. The van der Waals surface area contributed by atoms with E-state index in [0.717, 1.165) is 161 Å². The second-order valence-corrected chi connectivity index (χ2v) is 50.1. The summed E-state index contributed by atoms with van der Waals surface area (Å²) in [5, 5.41) is 96.9. The molecule has 0 radical (unpaired) electrons. The minimum Gasteiger partial charge on any atom is -0.462 e. The highest BCUT2D eigenvalue weighted by Gasteiger charge is 2.56. The number of hydrogen-bond acceptors (Lipinski definition) is 33. The topological polar surface area (TPSA) is 445 Å². The van der Waals surface area contributed by atoms with Crippen LogP contribution in [0, 0.1) is 43.8 Å². The predicted molar refractivity (Wildman–Crippen MR) is 541 cm³/mol. The normalized spacial score (nSPS) is 34.9. The molecule has 0 aromatic carbocycles. The molecule has 0 aromatic heterocycles. The Balaban J connectivity index is 0.000000169. The molecule has 144 heavy (non-hydrogen) atoms. The first-order valence-electron chi connectivity index (χ1n) is 54.7. The van der Waals surface area contributed by atoms with Crippen LogP contribution in [-0.2, 0) is 71.5 Å². The summed E-state index contributed by atoms with van der Waals surface area (Å²) in [5.41, 5.74) is -11.3. The molecule has 20 unspecified atom stereocenters. The van der Waals surface area contributed by atoms with Crippen molar-refractivity contribution >= 4 is 47.7 Å². The molecule has 20 atom stereocenters. The Morgan fingerprint density at radius 1 is 0.333 bits per heavy atom. The van der Waals surface area contributed by atoms with E-state index in [1.165, 1.54) is 78.1 Å². The molecule has 16 saturated heterocycles. The standard InChI is InChI=1S/C17H29NO3.C15H27NO3.C14H25NO3.C13H20N2O3.C13H24N2O2.C13H23NO3.C12H20FNO3.C12H21NO4/c1-16(2,17(20)8-4-5-9-17)15(19)21-14-10-12-6-7-13(11-14)18(12)3;1-14(2,15(3,4)18)13(17)19-12-8-10-6-7-11(9-12)16(10)5;1-4-14(2,9-16)13(17)18-12-7-10-5-6-11(8-12)15(10)3;1-13(7-14,8-16)12(17)18-11-5-9-3-4-10(6-11)15(9)2;1-13(2,8-16)12(17)14-9-6-10-4-5-11(7-9)15(10)3;1-13(2,8-15)12(16)17-11-6-9-4-5-10(7-11)14(9)3;1-12(13,7-15)11(16)17-10-5-8-3-4-9(6-10)14(8)2;1-12(16,7-14)11(15)17-10-5-8-3-4-9(6-10)13(8)2/h12-14,20H,4-11H2,1-3H3;10-12,18H,6-9H2,1-5H3;10-12,16H,4-9H2,1-3H3;9-11,16H,3-6,8H2,1-2H3;9-11,16H,4-8H2,1-3H3,(H,14,17);9-11,15H,4-8H2,1-3H3;8-10,15H,3-7H2,1-2H3;8-10,14,16H,3-7H2,1-2H3. The van der Waals surface area contributed by atoms with E-state index in [-0.39, 0.29) is 92.3 Å². The molecule has 17 aliphatic rings. The van der Waals surface area contributed by atoms with Crippen LogP contribution < -0.4 is 5.32 Å². The lowest BCUT2D eigenvalue weighted by Crippen LogP contribution is -2.51. The van der Waals surface area contributed by atoms with E-state index in [9.17, 15) is 68.3 Å². The highest BCUT2D eigenvalue weighted by Crippen LogP contribution is 2.49. The fourth-order valence-corrected chi connectivity index (χ4v) is 24.9. The van der Waals surface area contributed by atoms with Gasteiger partial charge in [0.05, 0.1) is 84.0 Å². The second-order valence-electron chi connectivity index (χ2n) is 50.1. The summed E-state index contributed by atoms with van der Waals surface area (Å²) in [7, 11) is 17.2. The van der Waals surface area contributed by atoms with E-state index >= 15 is 0 Å². The number of aliphatic hydroxyl groups is 9. The molecule has 16 bridgehead atoms. The number of alkyl halides is 1. The number of esters is 7. The maximum atomic E-state index is 13.5. The van der Waals surface area contributed by atoms with Gasteiger partial charge in [-0.05, 0) is 378 Å². The molecule has 1 aliphatic carbocycles. The Morgan fingerprint density at radius 2 is 0.583 bits per heavy atom. The molecule has 1 saturated carbocycles. The quantitative estimate of drug-likeness (QED) is 0.0300. The van der Waals surface area contributed by atoms with Crippen molar-refractivity contribution in [3.8, 4) is 6.07 Å². The summed E-state index contributed by atoms with van der Waals surface area (Å²) in [6.07, 6.45) is 37.5. The van der Waals surface area contributed by atoms with Gasteiger partial charge in [-0.3, -0.25) is 28.8 Å². The van der Waals surface area contributed by atoms with Gasteiger partial charge in [-0.15, -0.1) is 0 Å². The maximum absolute atomic E-state index is 13.5. The van der Waals surface area contributed by atoms with E-state index in [1.807, 2.05) is 26.8 Å². The Hall–Kier alpha value is -5.50. The molecule has 0 aromatic rings. The van der Waals surface area contributed by atoms with Crippen molar-refractivity contribution in [1.29, 1.82) is 5.26 Å². The third kappa shape index (κ3) is 29.1. The molecule has 16 heterocycles. The van der Waals surface area contributed by atoms with Crippen LogP contribution in [0.2, 0.25) is 0 Å². The van der Waals surface area contributed by atoms with Crippen LogP contribution in [0.3, 0.4) is 0 Å². The molecule has 17 rings (SSSR count). The zero-order valence-electron chi connectivity index (χ0n) is 91.8. The number of rotatable bonds is 25. The van der Waals surface area contributed by atoms with Gasteiger partial charge in [0.25, 0.3) is 0 Å². The molecule has 10 N–H and O–H groups in total. The number of nitrogens with zero attached hydrogens (tertiary/aromatic N) is 9. The van der Waals surface area contributed by atoms with Crippen LogP contribution in [0.25, 0.3) is 0 Å². The molecule has 34 nitrogen and oxygen atoms in total. The molecule has 16 aliphatic heterocycles. The van der Waals surface area contributed by atoms with Gasteiger partial charge in [-0.25, -0.2) is 14.0 Å². The number of carbonyl (C=O) groups excluding carboxylic acids is 8. The largest absolute Gasteiger partial charge is 0.462 e. The van der Waals surface area contributed by atoms with Gasteiger partial charge in [0.2, 0.25) is 11.6 Å². The highest BCUT2D eigenvalue weighted by molar-refractivity contribution is 5.83. The van der Waals surface area contributed by atoms with Crippen LogP contribution in [0.1, 0.15) is 341 Å². The number of nitriles is 1. The zero-order chi connectivity index (χ0) is 107. The average Bonchev–Trinajstić information content (AvgIpc) is 1.53. The first-order chi connectivity index (χ1) is 67.2. The number of nitrogens with one attached hydrogen (secondary N) is 1. The lowest BCUT2D eigenvalue weighted by Gasteiger charge is -2.41. The Bertz CT molecular complexity index is 3900. The van der Waals surface area contributed by atoms with Crippen molar-refractivity contribution in [1.82, 2.24) is 44.5 Å². The average molecular weight is 2040 g/mol. The number of hydrogen-bond donors (Lipinski definition) is 10. The van der Waals surface area contributed by atoms with Crippen molar-refractivity contribution in [2.45, 2.75) is 509 Å². The summed E-state index contributed by atoms with van der Waals surface area (Å²) < 4.78 is 52.1. The Morgan fingerprint density at radius 3 is 0.826 bits per heavy atom. The third-order valence-corrected chi connectivity index (χ3v) is 37.9. The maximum Gasteiger partial charge on any atom is 0.346 e. The van der Waals surface area contributed by atoms with Crippen molar-refractivity contribution in [2.75, 3.05) is 96.0 Å². The lowest BCUT2D eigenvalue weighted by atomic mass is 9.73. The van der Waals surface area contributed by atoms with Gasteiger partial charge in [0.15, 0.2) is 11.0 Å². The zero-order valence-corrected chi connectivity index (χ0v) is 91.8. The van der Waals surface area contributed by atoms with Gasteiger partial charge in [-0.2, -0.15) is 5.26 Å². The fraction of sp³-hybridized carbons (Fsp3) is 0.917. The van der Waals surface area contributed by atoms with Crippen LogP contribution in [-0.4, -0.2) is 397 Å². The summed E-state index contributed by atoms with van der Waals surface area (Å²) in [6.45, 7) is 22.6. The predicted octanol–water partition coefficient (Wildman–Crippen LogP) is 9.37. The fourth-order valence-electron chi connectivity index (χ4n) is 24.9. The summed E-state index contributed by atoms with van der Waals surface area (Å²) in [4.78, 5) is 115. The van der Waals surface area contributed by atoms with E-state index < -0.39 is 92.7 Å². The summed E-state index contributed by atoms with van der Waals surface area (Å²) in [6, 6.07) is 10.8. The van der Waals surface area contributed by atoms with Gasteiger partial charge < -0.3 is 124 Å². The number of halogens is 1. The number of ether oxygens (including phenoxy) is 7. The SMILES string of the molecule is CCC(C)(CO)C(=O)OC1CC2CCC(C1)N2C.CN1C2CCC1CC(NC(=O)C(C)(C)CO)C2.CN1C2CCC1CC(OC(=O)C(C)(C#N)CO)C2.CN1C2CCC1CC(OC(=O)C(C)(C)C(C)(C)O)C2.CN1C2CCC1CC(OC(=O)C(C)(C)C1(O)CCCC1)C2.CN1C2CCC1CC(OC(=O)C(C)(C)CO)C2.CN1C2CCC1CC(OC(=O)C(C)(F)CO)C2.CN1C2CCC1CC(OC(=O)C(C)(O)CO)C2. The second kappa shape index (κ2) is 49.9. The van der Waals surface area contributed by atoms with E-state index in [1.54, 1.807) is 62.3 Å². The number of carbonyl (C=O) groups is 8. The van der Waals surface area contributed by atoms with Crippen molar-refractivity contribution in [3.63, 3.8) is 0 Å². The van der Waals surface area contributed by atoms with Crippen LogP contribution in [0.4, 0.5) is 4.39 Å². The van der Waals surface area contributed by atoms with Crippen molar-refractivity contribution in [2.24, 2.45) is 32.5 Å². The van der Waals surface area contributed by atoms with Gasteiger partial charge in [-0.1, -0.05) is 19.8 Å².